The van der Waals surface area contributed by atoms with Crippen molar-refractivity contribution >= 4 is 23.5 Å². The van der Waals surface area contributed by atoms with E-state index >= 15 is 0 Å². The third-order valence-corrected chi connectivity index (χ3v) is 7.89. The zero-order chi connectivity index (χ0) is 38.6. The maximum absolute atomic E-state index is 11.8. The summed E-state index contributed by atoms with van der Waals surface area (Å²) in [5.74, 6) is 1.59. The van der Waals surface area contributed by atoms with Gasteiger partial charge in [0.15, 0.2) is 11.6 Å². The molecule has 0 N–H and O–H groups in total. The number of benzene rings is 3. The number of ether oxygens (including phenoxy) is 4. The topological polar surface area (TPSA) is 105 Å². The van der Waals surface area contributed by atoms with Crippen LogP contribution in [0.5, 0.6) is 11.5 Å². The zero-order valence-corrected chi connectivity index (χ0v) is 31.8. The molecule has 0 bridgehead atoms. The molecule has 0 aliphatic carbocycles. The van der Waals surface area contributed by atoms with Gasteiger partial charge in [-0.15, -0.1) is 0 Å². The Morgan fingerprint density at radius 2 is 1.08 bits per heavy atom. The Bertz CT molecular complexity index is 1470. The molecular weight excluding hydrogens is 656 g/mol. The lowest BCUT2D eigenvalue weighted by atomic mass is 9.98. The van der Waals surface area contributed by atoms with E-state index in [9.17, 15) is 19.2 Å². The van der Waals surface area contributed by atoms with Gasteiger partial charge in [0.25, 0.3) is 0 Å². The fourth-order valence-corrected chi connectivity index (χ4v) is 4.39. The van der Waals surface area contributed by atoms with Gasteiger partial charge in [0.2, 0.25) is 0 Å². The number of hydrogen-bond donors (Lipinski definition) is 0. The molecule has 0 amide bonds. The van der Waals surface area contributed by atoms with Crippen LogP contribution in [0.2, 0.25) is 0 Å². The first kappa shape index (κ1) is 45.0. The molecule has 0 saturated heterocycles. The second kappa shape index (κ2) is 27.7. The second-order valence-corrected chi connectivity index (χ2v) is 12.2. The molecule has 1 atom stereocenters. The number of hydrogen-bond acceptors (Lipinski definition) is 8. The minimum absolute atomic E-state index is 0.0376. The smallest absolute Gasteiger partial charge is 0.330 e. The largest absolute Gasteiger partial charge is 0.494 e. The van der Waals surface area contributed by atoms with E-state index in [4.69, 9.17) is 18.9 Å². The normalized spacial score (nSPS) is 10.6. The maximum atomic E-state index is 11.8. The van der Waals surface area contributed by atoms with Gasteiger partial charge in [0.05, 0.1) is 26.4 Å². The summed E-state index contributed by atoms with van der Waals surface area (Å²) >= 11 is 0. The molecule has 0 saturated carbocycles. The predicted octanol–water partition coefficient (Wildman–Crippen LogP) is 10.2. The molecular formula is C44H58O8. The summed E-state index contributed by atoms with van der Waals surface area (Å²) in [4.78, 5) is 44.5. The number of carbonyl (C=O) groups is 4. The number of ketones is 2. The van der Waals surface area contributed by atoms with E-state index in [2.05, 4.69) is 65.1 Å². The Morgan fingerprint density at radius 3 is 1.48 bits per heavy atom. The van der Waals surface area contributed by atoms with Gasteiger partial charge < -0.3 is 18.9 Å². The van der Waals surface area contributed by atoms with Crippen LogP contribution in [0.25, 0.3) is 0 Å². The summed E-state index contributed by atoms with van der Waals surface area (Å²) in [6.07, 6.45) is 9.14. The fraction of sp³-hybridized carbons (Fsp3) is 0.409. The Hall–Kier alpha value is -4.98. The number of esters is 2. The van der Waals surface area contributed by atoms with Crippen molar-refractivity contribution in [1.29, 1.82) is 0 Å². The minimum Gasteiger partial charge on any atom is -0.494 e. The lowest BCUT2D eigenvalue weighted by molar-refractivity contribution is -0.138. The van der Waals surface area contributed by atoms with E-state index in [-0.39, 0.29) is 11.6 Å². The average molecular weight is 715 g/mol. The third-order valence-electron chi connectivity index (χ3n) is 7.89. The molecule has 0 aliphatic rings. The van der Waals surface area contributed by atoms with Gasteiger partial charge in [-0.05, 0) is 112 Å². The highest BCUT2D eigenvalue weighted by molar-refractivity contribution is 5.96. The van der Waals surface area contributed by atoms with Crippen molar-refractivity contribution in [3.05, 3.63) is 120 Å². The highest BCUT2D eigenvalue weighted by Gasteiger charge is 2.06. The zero-order valence-electron chi connectivity index (χ0n) is 31.8. The molecule has 3 rings (SSSR count). The monoisotopic (exact) mass is 714 g/mol. The Labute approximate surface area is 311 Å². The number of rotatable bonds is 21. The van der Waals surface area contributed by atoms with E-state index in [0.717, 1.165) is 67.7 Å². The lowest BCUT2D eigenvalue weighted by Gasteiger charge is -2.07. The molecule has 3 aromatic rings. The van der Waals surface area contributed by atoms with Crippen molar-refractivity contribution in [2.24, 2.45) is 0 Å². The number of unbranched alkanes of at least 4 members (excludes halogenated alkanes) is 3. The molecule has 52 heavy (non-hydrogen) atoms. The summed E-state index contributed by atoms with van der Waals surface area (Å²) in [5, 5.41) is 0. The van der Waals surface area contributed by atoms with Crippen molar-refractivity contribution in [3.8, 4) is 11.5 Å². The van der Waals surface area contributed by atoms with Crippen molar-refractivity contribution in [3.63, 3.8) is 0 Å². The van der Waals surface area contributed by atoms with Crippen molar-refractivity contribution in [2.45, 2.75) is 91.9 Å². The molecule has 0 aromatic heterocycles. The van der Waals surface area contributed by atoms with Gasteiger partial charge in [0, 0.05) is 29.7 Å². The molecule has 8 heteroatoms. The third kappa shape index (κ3) is 20.6. The first-order valence-corrected chi connectivity index (χ1v) is 18.2. The lowest BCUT2D eigenvalue weighted by Crippen LogP contribution is -2.04. The molecule has 0 radical (unpaired) electrons. The van der Waals surface area contributed by atoms with Gasteiger partial charge in [-0.2, -0.15) is 0 Å². The predicted molar refractivity (Wildman–Crippen MR) is 208 cm³/mol. The highest BCUT2D eigenvalue weighted by atomic mass is 16.5. The summed E-state index contributed by atoms with van der Waals surface area (Å²) in [6.45, 7) is 18.7. The number of carbonyl (C=O) groups excluding carboxylic acids is 4. The standard InChI is InChI=1S/C18H24O4.C15H18O4.C11H16/c1-3-5-8-17(19)15-9-11-16(12-10-15)21-13-6-7-14-22-18(20)4-2;1-3-15(17)19-11-5-4-10-18-14-8-6-13(7-9-14)12(2)16;1-4-10(3)11-7-5-9(2)6-8-11/h4,9-12H,2-3,5-8,13-14H2,1H3;3,6-9H,1,4-5,10-11H2,2H3;5-8,10H,4H2,1-3H3. The summed E-state index contributed by atoms with van der Waals surface area (Å²) in [6, 6.07) is 23.1. The first-order valence-electron chi connectivity index (χ1n) is 18.2. The summed E-state index contributed by atoms with van der Waals surface area (Å²) in [7, 11) is 0. The van der Waals surface area contributed by atoms with E-state index in [1.54, 1.807) is 36.4 Å². The van der Waals surface area contributed by atoms with E-state index in [1.807, 2.05) is 12.1 Å². The highest BCUT2D eigenvalue weighted by Crippen LogP contribution is 2.18. The second-order valence-electron chi connectivity index (χ2n) is 12.2. The van der Waals surface area contributed by atoms with Gasteiger partial charge >= 0.3 is 11.9 Å². The van der Waals surface area contributed by atoms with Crippen molar-refractivity contribution < 1.29 is 38.1 Å². The fourth-order valence-electron chi connectivity index (χ4n) is 4.39. The van der Waals surface area contributed by atoms with Crippen molar-refractivity contribution in [1.82, 2.24) is 0 Å². The Balaban J connectivity index is 0.000000410. The van der Waals surface area contributed by atoms with Crippen LogP contribution in [-0.4, -0.2) is 49.9 Å². The summed E-state index contributed by atoms with van der Waals surface area (Å²) < 4.78 is 20.8. The maximum Gasteiger partial charge on any atom is 0.330 e. The number of Topliss-reactive ketones (excluding diaryl/α,β-unsaturated/α-hetero) is 2. The number of aryl methyl sites for hydroxylation is 1. The van der Waals surface area contributed by atoms with E-state index < -0.39 is 11.9 Å². The van der Waals surface area contributed by atoms with Crippen LogP contribution in [0.1, 0.15) is 117 Å². The Morgan fingerprint density at radius 1 is 0.635 bits per heavy atom. The van der Waals surface area contributed by atoms with Crippen molar-refractivity contribution in [2.75, 3.05) is 26.4 Å². The molecule has 0 aliphatic heterocycles. The molecule has 282 valence electrons. The minimum atomic E-state index is -0.402. The quantitative estimate of drug-likeness (QED) is 0.0465. The van der Waals surface area contributed by atoms with Crippen LogP contribution < -0.4 is 9.47 Å². The molecule has 0 heterocycles. The van der Waals surface area contributed by atoms with Crippen LogP contribution in [0.3, 0.4) is 0 Å². The van der Waals surface area contributed by atoms with Gasteiger partial charge in [-0.25, -0.2) is 9.59 Å². The van der Waals surface area contributed by atoms with E-state index in [0.29, 0.717) is 44.3 Å². The van der Waals surface area contributed by atoms with E-state index in [1.165, 1.54) is 24.5 Å². The molecule has 3 aromatic carbocycles. The SMILES string of the molecule is C=CC(=O)OCCCCOc1ccc(C(=O)CCCC)cc1.C=CC(=O)OCCCCOc1ccc(C(C)=O)cc1.CCC(C)c1ccc(C)cc1. The first-order chi connectivity index (χ1) is 25.0. The Kier molecular flexibility index (Phi) is 24.0. The molecule has 8 nitrogen and oxygen atoms in total. The van der Waals surface area contributed by atoms with Crippen LogP contribution in [0.15, 0.2) is 98.1 Å². The molecule has 0 spiro atoms. The van der Waals surface area contributed by atoms with Crippen LogP contribution in [-0.2, 0) is 19.1 Å². The van der Waals surface area contributed by atoms with Gasteiger partial charge in [0.1, 0.15) is 11.5 Å². The summed E-state index contributed by atoms with van der Waals surface area (Å²) in [5.41, 5.74) is 4.20. The van der Waals surface area contributed by atoms with Crippen LogP contribution in [0, 0.1) is 6.92 Å². The average Bonchev–Trinajstić information content (AvgIpc) is 3.17. The van der Waals surface area contributed by atoms with Crippen LogP contribution >= 0.6 is 0 Å². The molecule has 0 fully saturated rings. The van der Waals surface area contributed by atoms with Gasteiger partial charge in [-0.1, -0.05) is 70.2 Å². The van der Waals surface area contributed by atoms with Gasteiger partial charge in [-0.3, -0.25) is 9.59 Å². The van der Waals surface area contributed by atoms with Crippen LogP contribution in [0.4, 0.5) is 0 Å². The molecule has 1 unspecified atom stereocenters.